The Kier molecular flexibility index (Phi) is 6.51. The summed E-state index contributed by atoms with van der Waals surface area (Å²) in [6.07, 6.45) is 5.01. The van der Waals surface area contributed by atoms with Gasteiger partial charge in [0, 0.05) is 12.2 Å². The second kappa shape index (κ2) is 9.05. The van der Waals surface area contributed by atoms with Crippen LogP contribution in [0, 0.1) is 0 Å². The zero-order chi connectivity index (χ0) is 19.1. The van der Waals surface area contributed by atoms with Gasteiger partial charge in [0.2, 0.25) is 5.91 Å². The van der Waals surface area contributed by atoms with Crippen LogP contribution in [0.5, 0.6) is 5.75 Å². The second-order valence-corrected chi connectivity index (χ2v) is 7.64. The first-order chi connectivity index (χ1) is 13.1. The van der Waals surface area contributed by atoms with Gasteiger partial charge >= 0.3 is 0 Å². The highest BCUT2D eigenvalue weighted by Gasteiger charge is 2.42. The van der Waals surface area contributed by atoms with Crippen molar-refractivity contribution in [3.8, 4) is 5.75 Å². The van der Waals surface area contributed by atoms with Crippen LogP contribution in [0.3, 0.4) is 0 Å². The van der Waals surface area contributed by atoms with Crippen molar-refractivity contribution in [1.82, 2.24) is 4.90 Å². The number of ether oxygens (including phenoxy) is 1. The van der Waals surface area contributed by atoms with Crippen LogP contribution in [0.4, 0.5) is 5.69 Å². The van der Waals surface area contributed by atoms with Crippen molar-refractivity contribution in [2.24, 2.45) is 0 Å². The van der Waals surface area contributed by atoms with Crippen LogP contribution in [0.15, 0.2) is 54.6 Å². The molecule has 4 nitrogen and oxygen atoms in total. The normalized spacial score (nSPS) is 15.7. The van der Waals surface area contributed by atoms with Gasteiger partial charge in [-0.15, -0.1) is 0 Å². The molecule has 0 radical (unpaired) electrons. The number of rotatable bonds is 8. The van der Waals surface area contributed by atoms with Crippen LogP contribution in [-0.2, 0) is 10.2 Å². The molecular weight excluding hydrogens is 336 g/mol. The molecule has 0 saturated heterocycles. The van der Waals surface area contributed by atoms with Gasteiger partial charge in [-0.25, -0.2) is 0 Å². The Bertz CT molecular complexity index is 720. The SMILES string of the molecule is CN(C)CCCOc1ccc(NC(=O)C2(c3ccccc3)CCCC2)cc1. The van der Waals surface area contributed by atoms with E-state index in [9.17, 15) is 4.79 Å². The lowest BCUT2D eigenvalue weighted by molar-refractivity contribution is -0.121. The minimum atomic E-state index is -0.400. The van der Waals surface area contributed by atoms with Gasteiger partial charge in [0.05, 0.1) is 12.0 Å². The molecule has 3 rings (SSSR count). The van der Waals surface area contributed by atoms with Crippen LogP contribution < -0.4 is 10.1 Å². The molecule has 0 atom stereocenters. The summed E-state index contributed by atoms with van der Waals surface area (Å²) in [5.74, 6) is 0.941. The number of anilines is 1. The van der Waals surface area contributed by atoms with Crippen LogP contribution in [0.25, 0.3) is 0 Å². The summed E-state index contributed by atoms with van der Waals surface area (Å²) in [7, 11) is 4.12. The standard InChI is InChI=1S/C23H30N2O2/c1-25(2)17-8-18-27-21-13-11-20(12-14-21)24-22(26)23(15-6-7-16-23)19-9-4-3-5-10-19/h3-5,9-14H,6-8,15-18H2,1-2H3,(H,24,26). The predicted octanol–water partition coefficient (Wildman–Crippen LogP) is 4.47. The lowest BCUT2D eigenvalue weighted by atomic mass is 9.78. The molecule has 2 aromatic carbocycles. The molecule has 27 heavy (non-hydrogen) atoms. The summed E-state index contributed by atoms with van der Waals surface area (Å²) in [5.41, 5.74) is 1.55. The van der Waals surface area contributed by atoms with E-state index in [0.717, 1.165) is 55.6 Å². The number of hydrogen-bond donors (Lipinski definition) is 1. The quantitative estimate of drug-likeness (QED) is 0.701. The van der Waals surface area contributed by atoms with E-state index >= 15 is 0 Å². The van der Waals surface area contributed by atoms with E-state index in [0.29, 0.717) is 6.61 Å². The van der Waals surface area contributed by atoms with Crippen molar-refractivity contribution in [1.29, 1.82) is 0 Å². The molecule has 1 aliphatic rings. The van der Waals surface area contributed by atoms with Gasteiger partial charge in [-0.2, -0.15) is 0 Å². The average molecular weight is 367 g/mol. The molecule has 1 aliphatic carbocycles. The molecule has 1 fully saturated rings. The lowest BCUT2D eigenvalue weighted by Gasteiger charge is -2.28. The van der Waals surface area contributed by atoms with Gasteiger partial charge in [0.25, 0.3) is 0 Å². The Morgan fingerprint density at radius 3 is 2.33 bits per heavy atom. The summed E-state index contributed by atoms with van der Waals surface area (Å²) in [4.78, 5) is 15.3. The Balaban J connectivity index is 1.61. The van der Waals surface area contributed by atoms with Gasteiger partial charge in [0.1, 0.15) is 5.75 Å². The van der Waals surface area contributed by atoms with Crippen molar-refractivity contribution >= 4 is 11.6 Å². The summed E-state index contributed by atoms with van der Waals surface area (Å²) in [6.45, 7) is 1.71. The number of nitrogens with one attached hydrogen (secondary N) is 1. The zero-order valence-electron chi connectivity index (χ0n) is 16.4. The summed E-state index contributed by atoms with van der Waals surface area (Å²) in [5, 5.41) is 3.13. The summed E-state index contributed by atoms with van der Waals surface area (Å²) < 4.78 is 5.77. The van der Waals surface area contributed by atoms with E-state index in [1.54, 1.807) is 0 Å². The molecular formula is C23H30N2O2. The molecule has 0 heterocycles. The zero-order valence-corrected chi connectivity index (χ0v) is 16.4. The van der Waals surface area contributed by atoms with Crippen LogP contribution in [0.2, 0.25) is 0 Å². The smallest absolute Gasteiger partial charge is 0.235 e. The average Bonchev–Trinajstić information content (AvgIpc) is 3.18. The third kappa shape index (κ3) is 4.89. The second-order valence-electron chi connectivity index (χ2n) is 7.64. The number of carbonyl (C=O) groups excluding carboxylic acids is 1. The fraction of sp³-hybridized carbons (Fsp3) is 0.435. The van der Waals surface area contributed by atoms with Crippen molar-refractivity contribution < 1.29 is 9.53 Å². The predicted molar refractivity (Wildman–Crippen MR) is 110 cm³/mol. The minimum Gasteiger partial charge on any atom is -0.494 e. The maximum atomic E-state index is 13.1. The van der Waals surface area contributed by atoms with Gasteiger partial charge in [-0.1, -0.05) is 43.2 Å². The monoisotopic (exact) mass is 366 g/mol. The fourth-order valence-corrected chi connectivity index (χ4v) is 3.84. The maximum absolute atomic E-state index is 13.1. The van der Waals surface area contributed by atoms with E-state index in [2.05, 4.69) is 36.4 Å². The maximum Gasteiger partial charge on any atom is 0.235 e. The number of carbonyl (C=O) groups is 1. The molecule has 4 heteroatoms. The first-order valence-electron chi connectivity index (χ1n) is 9.85. The highest BCUT2D eigenvalue weighted by Crippen LogP contribution is 2.42. The molecule has 1 amide bonds. The fourth-order valence-electron chi connectivity index (χ4n) is 3.84. The van der Waals surface area contributed by atoms with E-state index < -0.39 is 5.41 Å². The molecule has 0 aromatic heterocycles. The largest absolute Gasteiger partial charge is 0.494 e. The lowest BCUT2D eigenvalue weighted by Crippen LogP contribution is -2.37. The van der Waals surface area contributed by atoms with Gasteiger partial charge in [-0.3, -0.25) is 4.79 Å². The molecule has 0 aliphatic heterocycles. The number of amides is 1. The molecule has 0 unspecified atom stereocenters. The molecule has 2 aromatic rings. The van der Waals surface area contributed by atoms with E-state index in [1.165, 1.54) is 0 Å². The summed E-state index contributed by atoms with van der Waals surface area (Å²) >= 11 is 0. The topological polar surface area (TPSA) is 41.6 Å². The Morgan fingerprint density at radius 2 is 1.70 bits per heavy atom. The molecule has 0 spiro atoms. The van der Waals surface area contributed by atoms with Crippen molar-refractivity contribution in [3.05, 3.63) is 60.2 Å². The molecule has 0 bridgehead atoms. The van der Waals surface area contributed by atoms with Gasteiger partial charge < -0.3 is 15.0 Å². The minimum absolute atomic E-state index is 0.103. The molecule has 144 valence electrons. The van der Waals surface area contributed by atoms with Crippen LogP contribution in [-0.4, -0.2) is 38.1 Å². The summed E-state index contributed by atoms with van der Waals surface area (Å²) in [6, 6.07) is 17.9. The van der Waals surface area contributed by atoms with E-state index in [1.807, 2.05) is 42.5 Å². The first-order valence-corrected chi connectivity index (χ1v) is 9.85. The van der Waals surface area contributed by atoms with Gasteiger partial charge in [-0.05, 0) is 63.2 Å². The Morgan fingerprint density at radius 1 is 1.04 bits per heavy atom. The van der Waals surface area contributed by atoms with Crippen LogP contribution in [0.1, 0.15) is 37.7 Å². The molecule has 1 saturated carbocycles. The van der Waals surface area contributed by atoms with E-state index in [4.69, 9.17) is 4.74 Å². The van der Waals surface area contributed by atoms with Crippen molar-refractivity contribution in [3.63, 3.8) is 0 Å². The van der Waals surface area contributed by atoms with Crippen LogP contribution >= 0.6 is 0 Å². The van der Waals surface area contributed by atoms with Crippen molar-refractivity contribution in [2.75, 3.05) is 32.6 Å². The number of benzene rings is 2. The third-order valence-electron chi connectivity index (χ3n) is 5.35. The number of hydrogen-bond acceptors (Lipinski definition) is 3. The third-order valence-corrected chi connectivity index (χ3v) is 5.35. The highest BCUT2D eigenvalue weighted by atomic mass is 16.5. The highest BCUT2D eigenvalue weighted by molar-refractivity contribution is 5.99. The van der Waals surface area contributed by atoms with E-state index in [-0.39, 0.29) is 5.91 Å². The van der Waals surface area contributed by atoms with Crippen molar-refractivity contribution in [2.45, 2.75) is 37.5 Å². The Hall–Kier alpha value is -2.33. The van der Waals surface area contributed by atoms with Gasteiger partial charge in [0.15, 0.2) is 0 Å². The molecule has 1 N–H and O–H groups in total. The number of nitrogens with zero attached hydrogens (tertiary/aromatic N) is 1. The Labute approximate surface area is 162 Å². The first kappa shape index (κ1) is 19.4.